The van der Waals surface area contributed by atoms with E-state index in [0.29, 0.717) is 12.3 Å². The minimum Gasteiger partial charge on any atom is -0.458 e. The quantitative estimate of drug-likeness (QED) is 0.617. The molecule has 0 saturated carbocycles. The van der Waals surface area contributed by atoms with E-state index in [1.165, 1.54) is 0 Å². The summed E-state index contributed by atoms with van der Waals surface area (Å²) in [5.41, 5.74) is -0.524. The lowest BCUT2D eigenvalue weighted by Gasteiger charge is -2.22. The van der Waals surface area contributed by atoms with Crippen LogP contribution in [0.4, 0.5) is 0 Å². The largest absolute Gasteiger partial charge is 0.458 e. The first-order valence-corrected chi connectivity index (χ1v) is 6.47. The van der Waals surface area contributed by atoms with Gasteiger partial charge in [-0.15, -0.1) is 0 Å². The standard InChI is InChI=1S/C14H23NO3/c1-10(13(17)18-14(2,3)4)15-12(16)9-11-7-5-6-8-11/h5,7,10-11H,6,8-9H2,1-4H3,(H,15,16)/t10-,11?/m1/s1. The van der Waals surface area contributed by atoms with Gasteiger partial charge in [-0.2, -0.15) is 0 Å². The Morgan fingerprint density at radius 3 is 2.61 bits per heavy atom. The van der Waals surface area contributed by atoms with E-state index >= 15 is 0 Å². The fourth-order valence-electron chi connectivity index (χ4n) is 1.85. The van der Waals surface area contributed by atoms with Crippen LogP contribution in [0.25, 0.3) is 0 Å². The average molecular weight is 253 g/mol. The molecule has 1 aliphatic carbocycles. The summed E-state index contributed by atoms with van der Waals surface area (Å²) in [6, 6.07) is -0.595. The molecule has 0 bridgehead atoms. The fourth-order valence-corrected chi connectivity index (χ4v) is 1.85. The second kappa shape index (κ2) is 6.03. The van der Waals surface area contributed by atoms with E-state index in [9.17, 15) is 9.59 Å². The van der Waals surface area contributed by atoms with Crippen molar-refractivity contribution in [3.8, 4) is 0 Å². The molecular weight excluding hydrogens is 230 g/mol. The molecule has 102 valence electrons. The predicted molar refractivity (Wildman–Crippen MR) is 69.9 cm³/mol. The SMILES string of the molecule is C[C@@H](NC(=O)CC1C=CCC1)C(=O)OC(C)(C)C. The van der Waals surface area contributed by atoms with Crippen molar-refractivity contribution < 1.29 is 14.3 Å². The van der Waals surface area contributed by atoms with E-state index in [-0.39, 0.29) is 5.91 Å². The zero-order chi connectivity index (χ0) is 13.8. The number of amides is 1. The molecule has 1 N–H and O–H groups in total. The summed E-state index contributed by atoms with van der Waals surface area (Å²) in [5.74, 6) is -0.168. The van der Waals surface area contributed by atoms with Crippen molar-refractivity contribution in [2.75, 3.05) is 0 Å². The molecule has 0 aromatic heterocycles. The molecule has 1 rings (SSSR count). The number of hydrogen-bond acceptors (Lipinski definition) is 3. The fraction of sp³-hybridized carbons (Fsp3) is 0.714. The van der Waals surface area contributed by atoms with Crippen LogP contribution in [0.15, 0.2) is 12.2 Å². The highest BCUT2D eigenvalue weighted by molar-refractivity contribution is 5.84. The molecule has 0 heterocycles. The molecule has 18 heavy (non-hydrogen) atoms. The van der Waals surface area contributed by atoms with Crippen molar-refractivity contribution in [1.29, 1.82) is 0 Å². The van der Waals surface area contributed by atoms with Gasteiger partial charge in [0.05, 0.1) is 0 Å². The second-order valence-electron chi connectivity index (χ2n) is 5.79. The Bertz CT molecular complexity index is 341. The van der Waals surface area contributed by atoms with Gasteiger partial charge >= 0.3 is 5.97 Å². The van der Waals surface area contributed by atoms with Crippen LogP contribution in [0.5, 0.6) is 0 Å². The first-order chi connectivity index (χ1) is 8.28. The lowest BCUT2D eigenvalue weighted by atomic mass is 10.0. The van der Waals surface area contributed by atoms with Crippen molar-refractivity contribution in [2.24, 2.45) is 5.92 Å². The maximum absolute atomic E-state index is 11.7. The molecule has 0 aromatic carbocycles. The van der Waals surface area contributed by atoms with Gasteiger partial charge in [-0.25, -0.2) is 4.79 Å². The van der Waals surface area contributed by atoms with Gasteiger partial charge in [-0.05, 0) is 46.5 Å². The molecule has 0 saturated heterocycles. The summed E-state index contributed by atoms with van der Waals surface area (Å²) in [7, 11) is 0. The third kappa shape index (κ3) is 5.34. The first kappa shape index (κ1) is 14.7. The van der Waals surface area contributed by atoms with Crippen LogP contribution in [0.2, 0.25) is 0 Å². The molecule has 1 unspecified atom stereocenters. The van der Waals surface area contributed by atoms with Crippen LogP contribution >= 0.6 is 0 Å². The summed E-state index contributed by atoms with van der Waals surface area (Å²) in [4.78, 5) is 23.4. The van der Waals surface area contributed by atoms with Crippen molar-refractivity contribution in [2.45, 2.75) is 58.6 Å². The van der Waals surface area contributed by atoms with Crippen molar-refractivity contribution in [3.05, 3.63) is 12.2 Å². The lowest BCUT2D eigenvalue weighted by molar-refractivity contribution is -0.158. The average Bonchev–Trinajstić information content (AvgIpc) is 2.67. The number of nitrogens with one attached hydrogen (secondary N) is 1. The van der Waals surface area contributed by atoms with Crippen molar-refractivity contribution in [3.63, 3.8) is 0 Å². The molecule has 0 aromatic rings. The monoisotopic (exact) mass is 253 g/mol. The molecule has 4 nitrogen and oxygen atoms in total. The molecule has 1 amide bonds. The molecule has 0 radical (unpaired) electrons. The predicted octanol–water partition coefficient (Wildman–Crippen LogP) is 2.19. The van der Waals surface area contributed by atoms with Crippen LogP contribution in [-0.4, -0.2) is 23.5 Å². The Morgan fingerprint density at radius 1 is 1.44 bits per heavy atom. The Labute approximate surface area is 109 Å². The summed E-state index contributed by atoms with van der Waals surface area (Å²) < 4.78 is 5.20. The number of carbonyl (C=O) groups is 2. The third-order valence-electron chi connectivity index (χ3n) is 2.70. The summed E-state index contributed by atoms with van der Waals surface area (Å²) >= 11 is 0. The maximum atomic E-state index is 11.7. The summed E-state index contributed by atoms with van der Waals surface area (Å²) in [5, 5.41) is 2.68. The smallest absolute Gasteiger partial charge is 0.328 e. The minimum absolute atomic E-state index is 0.0927. The summed E-state index contributed by atoms with van der Waals surface area (Å²) in [6.45, 7) is 7.07. The topological polar surface area (TPSA) is 55.4 Å². The third-order valence-corrected chi connectivity index (χ3v) is 2.70. The molecule has 2 atom stereocenters. The van der Waals surface area contributed by atoms with Gasteiger partial charge in [-0.3, -0.25) is 4.79 Å². The van der Waals surface area contributed by atoms with E-state index in [1.54, 1.807) is 6.92 Å². The number of carbonyl (C=O) groups excluding carboxylic acids is 2. The van der Waals surface area contributed by atoms with E-state index in [2.05, 4.69) is 17.5 Å². The highest BCUT2D eigenvalue weighted by Crippen LogP contribution is 2.20. The van der Waals surface area contributed by atoms with Gasteiger partial charge < -0.3 is 10.1 Å². The Morgan fingerprint density at radius 2 is 2.11 bits per heavy atom. The molecular formula is C14H23NO3. The Kier molecular flexibility index (Phi) is 4.93. The Balaban J connectivity index is 2.34. The molecule has 0 spiro atoms. The zero-order valence-electron chi connectivity index (χ0n) is 11.7. The molecule has 0 aliphatic heterocycles. The lowest BCUT2D eigenvalue weighted by Crippen LogP contribution is -2.42. The number of hydrogen-bond donors (Lipinski definition) is 1. The number of rotatable bonds is 4. The maximum Gasteiger partial charge on any atom is 0.328 e. The first-order valence-electron chi connectivity index (χ1n) is 6.47. The van der Waals surface area contributed by atoms with Crippen molar-refractivity contribution in [1.82, 2.24) is 5.32 Å². The summed E-state index contributed by atoms with van der Waals surface area (Å²) in [6.07, 6.45) is 6.67. The minimum atomic E-state index is -0.595. The van der Waals surface area contributed by atoms with Crippen LogP contribution in [0.1, 0.15) is 47.0 Å². The highest BCUT2D eigenvalue weighted by Gasteiger charge is 2.23. The van der Waals surface area contributed by atoms with Crippen molar-refractivity contribution >= 4 is 11.9 Å². The molecule has 1 aliphatic rings. The highest BCUT2D eigenvalue weighted by atomic mass is 16.6. The second-order valence-corrected chi connectivity index (χ2v) is 5.79. The van der Waals surface area contributed by atoms with Gasteiger partial charge in [0, 0.05) is 6.42 Å². The molecule has 0 fully saturated rings. The van der Waals surface area contributed by atoms with E-state index in [4.69, 9.17) is 4.74 Å². The van der Waals surface area contributed by atoms with Crippen LogP contribution in [0, 0.1) is 5.92 Å². The normalized spacial score (nSPS) is 20.6. The van der Waals surface area contributed by atoms with Crippen LogP contribution in [-0.2, 0) is 14.3 Å². The van der Waals surface area contributed by atoms with E-state index < -0.39 is 17.6 Å². The number of ether oxygens (including phenoxy) is 1. The van der Waals surface area contributed by atoms with E-state index in [1.807, 2.05) is 20.8 Å². The van der Waals surface area contributed by atoms with Crippen LogP contribution in [0.3, 0.4) is 0 Å². The Hall–Kier alpha value is -1.32. The molecule has 4 heteroatoms. The van der Waals surface area contributed by atoms with Gasteiger partial charge in [-0.1, -0.05) is 12.2 Å². The van der Waals surface area contributed by atoms with Gasteiger partial charge in [0.25, 0.3) is 0 Å². The number of esters is 1. The van der Waals surface area contributed by atoms with Crippen LogP contribution < -0.4 is 5.32 Å². The number of allylic oxidation sites excluding steroid dienone is 2. The van der Waals surface area contributed by atoms with Gasteiger partial charge in [0.2, 0.25) is 5.91 Å². The van der Waals surface area contributed by atoms with Gasteiger partial charge in [0.15, 0.2) is 0 Å². The zero-order valence-corrected chi connectivity index (χ0v) is 11.7. The van der Waals surface area contributed by atoms with E-state index in [0.717, 1.165) is 12.8 Å². The van der Waals surface area contributed by atoms with Gasteiger partial charge in [0.1, 0.15) is 11.6 Å².